The van der Waals surface area contributed by atoms with Crippen molar-refractivity contribution in [1.29, 1.82) is 5.26 Å². The zero-order valence-corrected chi connectivity index (χ0v) is 11.4. The van der Waals surface area contributed by atoms with E-state index in [1.807, 2.05) is 12.1 Å². The minimum absolute atomic E-state index is 0.667. The van der Waals surface area contributed by atoms with Crippen LogP contribution < -0.4 is 10.1 Å². The van der Waals surface area contributed by atoms with E-state index in [9.17, 15) is 0 Å². The van der Waals surface area contributed by atoms with Crippen molar-refractivity contribution in [3.8, 4) is 11.8 Å². The Balaban J connectivity index is 1.75. The third kappa shape index (κ3) is 3.95. The molecule has 0 radical (unpaired) electrons. The summed E-state index contributed by atoms with van der Waals surface area (Å²) in [4.78, 5) is 2.49. The molecular weight excluding hydrogens is 238 g/mol. The number of nitrogens with zero attached hydrogens (tertiary/aromatic N) is 2. The molecule has 1 heterocycles. The SMILES string of the molecule is CCCN(CCOc1ccc(C#N)cc1)C1CNC1. The fraction of sp³-hybridized carbons (Fsp3) is 0.533. The maximum absolute atomic E-state index is 8.73. The molecule has 2 rings (SSSR count). The van der Waals surface area contributed by atoms with Gasteiger partial charge < -0.3 is 10.1 Å². The smallest absolute Gasteiger partial charge is 0.119 e. The van der Waals surface area contributed by atoms with Crippen LogP contribution in [-0.2, 0) is 0 Å². The molecule has 1 aliphatic heterocycles. The molecule has 0 unspecified atom stereocenters. The molecule has 1 saturated heterocycles. The minimum Gasteiger partial charge on any atom is -0.492 e. The summed E-state index contributed by atoms with van der Waals surface area (Å²) in [5.74, 6) is 0.835. The van der Waals surface area contributed by atoms with E-state index < -0.39 is 0 Å². The normalized spacial score (nSPS) is 15.0. The highest BCUT2D eigenvalue weighted by molar-refractivity contribution is 5.34. The summed E-state index contributed by atoms with van der Waals surface area (Å²) in [5.41, 5.74) is 0.667. The van der Waals surface area contributed by atoms with E-state index in [1.165, 1.54) is 6.42 Å². The number of nitrogens with one attached hydrogen (secondary N) is 1. The molecular formula is C15H21N3O. The molecule has 19 heavy (non-hydrogen) atoms. The van der Waals surface area contributed by atoms with Crippen LogP contribution in [0.25, 0.3) is 0 Å². The van der Waals surface area contributed by atoms with E-state index in [4.69, 9.17) is 10.00 Å². The van der Waals surface area contributed by atoms with Crippen molar-refractivity contribution in [2.24, 2.45) is 0 Å². The van der Waals surface area contributed by atoms with Crippen molar-refractivity contribution in [3.05, 3.63) is 29.8 Å². The monoisotopic (exact) mass is 259 g/mol. The standard InChI is InChI=1S/C15H21N3O/c1-2-7-18(14-11-17-12-14)8-9-19-15-5-3-13(10-16)4-6-15/h3-6,14,17H,2,7-9,11-12H2,1H3. The van der Waals surface area contributed by atoms with Crippen LogP contribution in [0.1, 0.15) is 18.9 Å². The second-order valence-corrected chi connectivity index (χ2v) is 4.83. The molecule has 0 amide bonds. The highest BCUT2D eigenvalue weighted by Crippen LogP contribution is 2.12. The van der Waals surface area contributed by atoms with Gasteiger partial charge in [-0.1, -0.05) is 6.92 Å². The van der Waals surface area contributed by atoms with Crippen molar-refractivity contribution in [2.45, 2.75) is 19.4 Å². The third-order valence-corrected chi connectivity index (χ3v) is 3.42. The number of hydrogen-bond donors (Lipinski definition) is 1. The maximum Gasteiger partial charge on any atom is 0.119 e. The van der Waals surface area contributed by atoms with Crippen molar-refractivity contribution in [3.63, 3.8) is 0 Å². The van der Waals surface area contributed by atoms with Gasteiger partial charge in [-0.05, 0) is 37.2 Å². The fourth-order valence-electron chi connectivity index (χ4n) is 2.20. The Hall–Kier alpha value is -1.57. The van der Waals surface area contributed by atoms with Gasteiger partial charge in [0.15, 0.2) is 0 Å². The molecule has 102 valence electrons. The molecule has 4 heteroatoms. The number of hydrogen-bond acceptors (Lipinski definition) is 4. The summed E-state index contributed by atoms with van der Waals surface area (Å²) in [7, 11) is 0. The van der Waals surface area contributed by atoms with Crippen LogP contribution in [0, 0.1) is 11.3 Å². The predicted octanol–water partition coefficient (Wildman–Crippen LogP) is 1.62. The Morgan fingerprint density at radius 1 is 1.32 bits per heavy atom. The lowest BCUT2D eigenvalue weighted by Crippen LogP contribution is -2.58. The Bertz CT molecular complexity index is 420. The van der Waals surface area contributed by atoms with E-state index >= 15 is 0 Å². The van der Waals surface area contributed by atoms with Crippen LogP contribution in [-0.4, -0.2) is 43.7 Å². The fourth-order valence-corrected chi connectivity index (χ4v) is 2.20. The molecule has 0 spiro atoms. The van der Waals surface area contributed by atoms with Crippen LogP contribution >= 0.6 is 0 Å². The van der Waals surface area contributed by atoms with Gasteiger partial charge in [-0.2, -0.15) is 5.26 Å². The maximum atomic E-state index is 8.73. The van der Waals surface area contributed by atoms with Gasteiger partial charge in [0.05, 0.1) is 11.6 Å². The molecule has 0 bridgehead atoms. The number of nitriles is 1. The van der Waals surface area contributed by atoms with Gasteiger partial charge in [-0.15, -0.1) is 0 Å². The van der Waals surface area contributed by atoms with E-state index in [-0.39, 0.29) is 0 Å². The van der Waals surface area contributed by atoms with Crippen molar-refractivity contribution < 1.29 is 4.74 Å². The summed E-state index contributed by atoms with van der Waals surface area (Å²) < 4.78 is 5.73. The quantitative estimate of drug-likeness (QED) is 0.808. The van der Waals surface area contributed by atoms with Gasteiger partial charge >= 0.3 is 0 Å². The van der Waals surface area contributed by atoms with E-state index in [2.05, 4.69) is 23.2 Å². The summed E-state index contributed by atoms with van der Waals surface area (Å²) >= 11 is 0. The van der Waals surface area contributed by atoms with Crippen molar-refractivity contribution in [2.75, 3.05) is 32.8 Å². The average Bonchev–Trinajstić information content (AvgIpc) is 2.38. The van der Waals surface area contributed by atoms with Gasteiger partial charge in [-0.25, -0.2) is 0 Å². The zero-order valence-electron chi connectivity index (χ0n) is 11.4. The van der Waals surface area contributed by atoms with Crippen molar-refractivity contribution >= 4 is 0 Å². The van der Waals surface area contributed by atoms with Crippen molar-refractivity contribution in [1.82, 2.24) is 10.2 Å². The van der Waals surface area contributed by atoms with Crippen LogP contribution in [0.15, 0.2) is 24.3 Å². The largest absolute Gasteiger partial charge is 0.492 e. The molecule has 0 aliphatic carbocycles. The number of ether oxygens (including phenoxy) is 1. The van der Waals surface area contributed by atoms with Gasteiger partial charge in [0.25, 0.3) is 0 Å². The topological polar surface area (TPSA) is 48.3 Å². The first kappa shape index (κ1) is 13.9. The molecule has 0 atom stereocenters. The number of rotatable bonds is 7. The van der Waals surface area contributed by atoms with Crippen LogP contribution in [0.5, 0.6) is 5.75 Å². The van der Waals surface area contributed by atoms with E-state index in [0.29, 0.717) is 18.2 Å². The Morgan fingerprint density at radius 2 is 2.05 bits per heavy atom. The molecule has 1 N–H and O–H groups in total. The second-order valence-electron chi connectivity index (χ2n) is 4.83. The first-order valence-electron chi connectivity index (χ1n) is 6.91. The minimum atomic E-state index is 0.667. The Labute approximate surface area is 115 Å². The average molecular weight is 259 g/mol. The van der Waals surface area contributed by atoms with E-state index in [0.717, 1.165) is 31.9 Å². The first-order valence-corrected chi connectivity index (χ1v) is 6.91. The third-order valence-electron chi connectivity index (χ3n) is 3.42. The lowest BCUT2D eigenvalue weighted by atomic mass is 10.1. The molecule has 0 aromatic heterocycles. The summed E-state index contributed by atoms with van der Waals surface area (Å²) in [6.07, 6.45) is 1.17. The van der Waals surface area contributed by atoms with Crippen LogP contribution in [0.3, 0.4) is 0 Å². The number of benzene rings is 1. The molecule has 1 fully saturated rings. The molecule has 0 saturated carbocycles. The molecule has 1 aliphatic rings. The highest BCUT2D eigenvalue weighted by Gasteiger charge is 2.23. The molecule has 4 nitrogen and oxygen atoms in total. The summed E-state index contributed by atoms with van der Waals surface area (Å²) in [6, 6.07) is 10.1. The summed E-state index contributed by atoms with van der Waals surface area (Å²) in [5, 5.41) is 12.0. The lowest BCUT2D eigenvalue weighted by molar-refractivity contribution is 0.122. The predicted molar refractivity (Wildman–Crippen MR) is 75.2 cm³/mol. The molecule has 1 aromatic carbocycles. The second kappa shape index (κ2) is 7.13. The van der Waals surface area contributed by atoms with Gasteiger partial charge in [0.1, 0.15) is 12.4 Å². The Kier molecular flexibility index (Phi) is 5.20. The first-order chi connectivity index (χ1) is 9.33. The van der Waals surface area contributed by atoms with E-state index in [1.54, 1.807) is 12.1 Å². The summed E-state index contributed by atoms with van der Waals surface area (Å²) in [6.45, 7) is 7.18. The van der Waals surface area contributed by atoms with Gasteiger partial charge in [0, 0.05) is 25.7 Å². The van der Waals surface area contributed by atoms with Gasteiger partial charge in [0.2, 0.25) is 0 Å². The van der Waals surface area contributed by atoms with Gasteiger partial charge in [-0.3, -0.25) is 4.90 Å². The highest BCUT2D eigenvalue weighted by atomic mass is 16.5. The van der Waals surface area contributed by atoms with Crippen LogP contribution in [0.2, 0.25) is 0 Å². The zero-order chi connectivity index (χ0) is 13.5. The lowest BCUT2D eigenvalue weighted by Gasteiger charge is -2.38. The Morgan fingerprint density at radius 3 is 2.58 bits per heavy atom. The molecule has 1 aromatic rings. The van der Waals surface area contributed by atoms with Crippen LogP contribution in [0.4, 0.5) is 0 Å².